The fourth-order valence-electron chi connectivity index (χ4n) is 2.24. The molecule has 102 valence electrons. The van der Waals surface area contributed by atoms with Crippen molar-refractivity contribution in [2.45, 2.75) is 13.5 Å². The summed E-state index contributed by atoms with van der Waals surface area (Å²) in [4.78, 5) is 4.57. The van der Waals surface area contributed by atoms with Crippen molar-refractivity contribution >= 4 is 16.7 Å². The van der Waals surface area contributed by atoms with Gasteiger partial charge in [0, 0.05) is 12.7 Å². The standard InChI is InChI=1S/C16H17N3O/c1-11-4-3-5-13(8-11)20-10-16-18-14-7-6-12(17)9-15(14)19(16)2/h3-9H,10,17H2,1-2H3. The molecule has 0 amide bonds. The van der Waals surface area contributed by atoms with E-state index < -0.39 is 0 Å². The van der Waals surface area contributed by atoms with Crippen LogP contribution in [0.1, 0.15) is 11.4 Å². The molecule has 0 bridgehead atoms. The molecule has 1 aromatic heterocycles. The quantitative estimate of drug-likeness (QED) is 0.742. The molecule has 1 heterocycles. The van der Waals surface area contributed by atoms with Crippen LogP contribution in [-0.4, -0.2) is 9.55 Å². The highest BCUT2D eigenvalue weighted by Gasteiger charge is 2.08. The largest absolute Gasteiger partial charge is 0.486 e. The van der Waals surface area contributed by atoms with Crippen LogP contribution >= 0.6 is 0 Å². The number of ether oxygens (including phenoxy) is 1. The molecule has 0 atom stereocenters. The molecular formula is C16H17N3O. The summed E-state index contributed by atoms with van der Waals surface area (Å²) < 4.78 is 7.81. The lowest BCUT2D eigenvalue weighted by Crippen LogP contribution is -2.03. The molecule has 0 radical (unpaired) electrons. The lowest BCUT2D eigenvalue weighted by atomic mass is 10.2. The van der Waals surface area contributed by atoms with Crippen molar-refractivity contribution in [1.82, 2.24) is 9.55 Å². The molecule has 2 N–H and O–H groups in total. The van der Waals surface area contributed by atoms with Crippen LogP contribution in [-0.2, 0) is 13.7 Å². The van der Waals surface area contributed by atoms with Gasteiger partial charge in [-0.25, -0.2) is 4.98 Å². The van der Waals surface area contributed by atoms with Crippen molar-refractivity contribution in [3.63, 3.8) is 0 Å². The molecule has 0 saturated heterocycles. The van der Waals surface area contributed by atoms with E-state index in [1.54, 1.807) is 0 Å². The van der Waals surface area contributed by atoms with E-state index in [2.05, 4.69) is 4.98 Å². The number of nitrogens with two attached hydrogens (primary N) is 1. The van der Waals surface area contributed by atoms with Crippen LogP contribution in [0.3, 0.4) is 0 Å². The summed E-state index contributed by atoms with van der Waals surface area (Å²) in [5.41, 5.74) is 9.69. The molecular weight excluding hydrogens is 250 g/mol. The summed E-state index contributed by atoms with van der Waals surface area (Å²) in [6.07, 6.45) is 0. The number of benzene rings is 2. The number of imidazole rings is 1. The Balaban J connectivity index is 1.86. The molecule has 3 aromatic rings. The normalized spacial score (nSPS) is 10.9. The molecule has 0 spiro atoms. The van der Waals surface area contributed by atoms with Crippen LogP contribution in [0, 0.1) is 6.92 Å². The third-order valence-corrected chi connectivity index (χ3v) is 3.35. The van der Waals surface area contributed by atoms with E-state index in [0.29, 0.717) is 6.61 Å². The van der Waals surface area contributed by atoms with Gasteiger partial charge in [-0.2, -0.15) is 0 Å². The van der Waals surface area contributed by atoms with Crippen LogP contribution < -0.4 is 10.5 Å². The number of aromatic nitrogens is 2. The van der Waals surface area contributed by atoms with Gasteiger partial charge in [-0.3, -0.25) is 0 Å². The van der Waals surface area contributed by atoms with E-state index in [-0.39, 0.29) is 0 Å². The van der Waals surface area contributed by atoms with E-state index in [0.717, 1.165) is 28.3 Å². The Labute approximate surface area is 117 Å². The Morgan fingerprint density at radius 1 is 1.20 bits per heavy atom. The van der Waals surface area contributed by atoms with E-state index in [1.807, 2.05) is 61.0 Å². The van der Waals surface area contributed by atoms with Crippen molar-refractivity contribution in [3.8, 4) is 5.75 Å². The summed E-state index contributed by atoms with van der Waals surface area (Å²) in [6.45, 7) is 2.49. The fraction of sp³-hybridized carbons (Fsp3) is 0.188. The van der Waals surface area contributed by atoms with E-state index >= 15 is 0 Å². The Morgan fingerprint density at radius 3 is 2.85 bits per heavy atom. The van der Waals surface area contributed by atoms with Gasteiger partial charge in [-0.05, 0) is 42.8 Å². The Kier molecular flexibility index (Phi) is 3.06. The highest BCUT2D eigenvalue weighted by molar-refractivity contribution is 5.79. The first-order chi connectivity index (χ1) is 9.63. The zero-order chi connectivity index (χ0) is 14.1. The van der Waals surface area contributed by atoms with Crippen molar-refractivity contribution in [2.24, 2.45) is 7.05 Å². The number of nitrogen functional groups attached to an aromatic ring is 1. The SMILES string of the molecule is Cc1cccc(OCc2nc3ccc(N)cc3n2C)c1. The lowest BCUT2D eigenvalue weighted by molar-refractivity contribution is 0.292. The second kappa shape index (κ2) is 4.89. The number of nitrogens with zero attached hydrogens (tertiary/aromatic N) is 2. The van der Waals surface area contributed by atoms with Gasteiger partial charge in [-0.15, -0.1) is 0 Å². The van der Waals surface area contributed by atoms with Gasteiger partial charge in [0.05, 0.1) is 11.0 Å². The maximum atomic E-state index is 5.81. The van der Waals surface area contributed by atoms with Gasteiger partial charge in [0.15, 0.2) is 0 Å². The third kappa shape index (κ3) is 2.32. The second-order valence-corrected chi connectivity index (χ2v) is 4.94. The average Bonchev–Trinajstić information content (AvgIpc) is 2.73. The highest BCUT2D eigenvalue weighted by Crippen LogP contribution is 2.19. The van der Waals surface area contributed by atoms with E-state index in [4.69, 9.17) is 10.5 Å². The summed E-state index contributed by atoms with van der Waals surface area (Å²) >= 11 is 0. The Bertz CT molecular complexity index is 762. The Morgan fingerprint density at radius 2 is 2.05 bits per heavy atom. The predicted molar refractivity (Wildman–Crippen MR) is 80.6 cm³/mol. The van der Waals surface area contributed by atoms with Crippen LogP contribution in [0.2, 0.25) is 0 Å². The fourth-order valence-corrected chi connectivity index (χ4v) is 2.24. The average molecular weight is 267 g/mol. The number of hydrogen-bond acceptors (Lipinski definition) is 3. The second-order valence-electron chi connectivity index (χ2n) is 4.94. The molecule has 3 rings (SSSR count). The van der Waals surface area contributed by atoms with Gasteiger partial charge in [0.1, 0.15) is 18.2 Å². The summed E-state index contributed by atoms with van der Waals surface area (Å²) in [7, 11) is 1.98. The first-order valence-corrected chi connectivity index (χ1v) is 6.54. The maximum Gasteiger partial charge on any atom is 0.147 e. The third-order valence-electron chi connectivity index (χ3n) is 3.35. The number of rotatable bonds is 3. The minimum absolute atomic E-state index is 0.439. The van der Waals surface area contributed by atoms with Gasteiger partial charge >= 0.3 is 0 Å². The number of anilines is 1. The van der Waals surface area contributed by atoms with Crippen molar-refractivity contribution < 1.29 is 4.74 Å². The lowest BCUT2D eigenvalue weighted by Gasteiger charge is -2.07. The van der Waals surface area contributed by atoms with E-state index in [9.17, 15) is 0 Å². The first kappa shape index (κ1) is 12.5. The molecule has 0 saturated carbocycles. The summed E-state index contributed by atoms with van der Waals surface area (Å²) in [5.74, 6) is 1.74. The van der Waals surface area contributed by atoms with Crippen LogP contribution in [0.25, 0.3) is 11.0 Å². The number of aryl methyl sites for hydroxylation is 2. The molecule has 4 nitrogen and oxygen atoms in total. The van der Waals surface area contributed by atoms with Gasteiger partial charge in [0.25, 0.3) is 0 Å². The number of hydrogen-bond donors (Lipinski definition) is 1. The monoisotopic (exact) mass is 267 g/mol. The van der Waals surface area contributed by atoms with E-state index in [1.165, 1.54) is 5.56 Å². The molecule has 0 unspecified atom stereocenters. The number of fused-ring (bicyclic) bond motifs is 1. The molecule has 0 fully saturated rings. The molecule has 0 aliphatic carbocycles. The summed E-state index contributed by atoms with van der Waals surface area (Å²) in [6, 6.07) is 13.7. The Hall–Kier alpha value is -2.49. The zero-order valence-corrected chi connectivity index (χ0v) is 11.6. The first-order valence-electron chi connectivity index (χ1n) is 6.54. The van der Waals surface area contributed by atoms with Crippen molar-refractivity contribution in [3.05, 3.63) is 53.9 Å². The van der Waals surface area contributed by atoms with Crippen LogP contribution in [0.5, 0.6) is 5.75 Å². The maximum absolute atomic E-state index is 5.81. The van der Waals surface area contributed by atoms with Crippen molar-refractivity contribution in [2.75, 3.05) is 5.73 Å². The molecule has 0 aliphatic heterocycles. The van der Waals surface area contributed by atoms with Crippen molar-refractivity contribution in [1.29, 1.82) is 0 Å². The molecule has 2 aromatic carbocycles. The predicted octanol–water partition coefficient (Wildman–Crippen LogP) is 3.04. The topological polar surface area (TPSA) is 53.1 Å². The van der Waals surface area contributed by atoms with Gasteiger partial charge in [0.2, 0.25) is 0 Å². The minimum Gasteiger partial charge on any atom is -0.486 e. The molecule has 20 heavy (non-hydrogen) atoms. The molecule has 0 aliphatic rings. The van der Waals surface area contributed by atoms with Gasteiger partial charge < -0.3 is 15.0 Å². The van der Waals surface area contributed by atoms with Gasteiger partial charge in [-0.1, -0.05) is 12.1 Å². The minimum atomic E-state index is 0.439. The summed E-state index contributed by atoms with van der Waals surface area (Å²) in [5, 5.41) is 0. The zero-order valence-electron chi connectivity index (χ0n) is 11.6. The van der Waals surface area contributed by atoms with Crippen LogP contribution in [0.4, 0.5) is 5.69 Å². The smallest absolute Gasteiger partial charge is 0.147 e. The highest BCUT2D eigenvalue weighted by atomic mass is 16.5. The molecule has 4 heteroatoms. The van der Waals surface area contributed by atoms with Crippen LogP contribution in [0.15, 0.2) is 42.5 Å².